The first kappa shape index (κ1) is 11.0. The molecule has 0 saturated carbocycles. The lowest BCUT2D eigenvalue weighted by Crippen LogP contribution is -2.22. The Morgan fingerprint density at radius 3 is 2.50 bits per heavy atom. The minimum Gasteiger partial charge on any atom is -0.383 e. The summed E-state index contributed by atoms with van der Waals surface area (Å²) in [5.74, 6) is 1.57. The number of anilines is 2. The molecule has 1 atom stereocenters. The number of halogens is 1. The fourth-order valence-corrected chi connectivity index (χ4v) is 1.10. The molecule has 5 heteroatoms. The molecule has 14 heavy (non-hydrogen) atoms. The zero-order chi connectivity index (χ0) is 10.7. The van der Waals surface area contributed by atoms with Crippen molar-refractivity contribution in [2.24, 2.45) is 5.92 Å². The Bertz CT molecular complexity index is 293. The SMILES string of the molecule is CC(C)[C@H](C)Nc1cc(N)nc(Cl)n1. The molecule has 3 N–H and O–H groups in total. The van der Waals surface area contributed by atoms with Crippen LogP contribution in [0.1, 0.15) is 20.8 Å². The molecule has 1 aromatic heterocycles. The molecule has 0 amide bonds. The molecular formula is C9H15ClN4. The van der Waals surface area contributed by atoms with Crippen molar-refractivity contribution in [3.63, 3.8) is 0 Å². The van der Waals surface area contributed by atoms with Crippen molar-refractivity contribution in [2.45, 2.75) is 26.8 Å². The number of nitrogens with one attached hydrogen (secondary N) is 1. The van der Waals surface area contributed by atoms with Crippen molar-refractivity contribution >= 4 is 23.2 Å². The van der Waals surface area contributed by atoms with Crippen molar-refractivity contribution in [3.8, 4) is 0 Å². The summed E-state index contributed by atoms with van der Waals surface area (Å²) in [6.07, 6.45) is 0. The van der Waals surface area contributed by atoms with Crippen LogP contribution < -0.4 is 11.1 Å². The Morgan fingerprint density at radius 1 is 1.36 bits per heavy atom. The number of aromatic nitrogens is 2. The number of nitrogens with two attached hydrogens (primary N) is 1. The van der Waals surface area contributed by atoms with Gasteiger partial charge < -0.3 is 11.1 Å². The van der Waals surface area contributed by atoms with Crippen LogP contribution in [0.5, 0.6) is 0 Å². The molecule has 0 aromatic carbocycles. The Hall–Kier alpha value is -1.03. The quantitative estimate of drug-likeness (QED) is 0.757. The fraction of sp³-hybridized carbons (Fsp3) is 0.556. The Kier molecular flexibility index (Phi) is 3.52. The van der Waals surface area contributed by atoms with Gasteiger partial charge in [-0.1, -0.05) is 13.8 Å². The highest BCUT2D eigenvalue weighted by atomic mass is 35.5. The van der Waals surface area contributed by atoms with Crippen LogP contribution in [0.25, 0.3) is 0 Å². The molecule has 1 rings (SSSR count). The van der Waals surface area contributed by atoms with E-state index in [0.29, 0.717) is 23.6 Å². The number of rotatable bonds is 3. The smallest absolute Gasteiger partial charge is 0.226 e. The molecule has 0 aliphatic carbocycles. The number of nitrogen functional groups attached to an aromatic ring is 1. The van der Waals surface area contributed by atoms with Crippen LogP contribution in [-0.2, 0) is 0 Å². The predicted molar refractivity (Wildman–Crippen MR) is 59.4 cm³/mol. The zero-order valence-electron chi connectivity index (χ0n) is 8.58. The van der Waals surface area contributed by atoms with Gasteiger partial charge >= 0.3 is 0 Å². The third-order valence-electron chi connectivity index (χ3n) is 2.09. The first-order chi connectivity index (χ1) is 6.49. The molecule has 0 spiro atoms. The van der Waals surface area contributed by atoms with Crippen LogP contribution in [0.15, 0.2) is 6.07 Å². The van der Waals surface area contributed by atoms with Gasteiger partial charge in [-0.05, 0) is 24.4 Å². The van der Waals surface area contributed by atoms with Crippen LogP contribution in [-0.4, -0.2) is 16.0 Å². The lowest BCUT2D eigenvalue weighted by Gasteiger charge is -2.17. The van der Waals surface area contributed by atoms with Gasteiger partial charge in [0.15, 0.2) is 0 Å². The van der Waals surface area contributed by atoms with Crippen LogP contribution in [0.4, 0.5) is 11.6 Å². The summed E-state index contributed by atoms with van der Waals surface area (Å²) in [6.45, 7) is 6.34. The Balaban J connectivity index is 2.76. The zero-order valence-corrected chi connectivity index (χ0v) is 9.34. The van der Waals surface area contributed by atoms with E-state index in [0.717, 1.165) is 0 Å². The Morgan fingerprint density at radius 2 is 2.00 bits per heavy atom. The lowest BCUT2D eigenvalue weighted by molar-refractivity contribution is 0.558. The standard InChI is InChI=1S/C9H15ClN4/c1-5(2)6(3)12-8-4-7(11)13-9(10)14-8/h4-6H,1-3H3,(H3,11,12,13,14)/t6-/m0/s1. The average Bonchev–Trinajstić information content (AvgIpc) is 2.01. The highest BCUT2D eigenvalue weighted by Gasteiger charge is 2.08. The second-order valence-electron chi connectivity index (χ2n) is 3.62. The van der Waals surface area contributed by atoms with Gasteiger partial charge in [-0.25, -0.2) is 9.97 Å². The maximum absolute atomic E-state index is 5.67. The molecule has 0 unspecified atom stereocenters. The molecule has 0 radical (unpaired) electrons. The van der Waals surface area contributed by atoms with Crippen molar-refractivity contribution in [3.05, 3.63) is 11.3 Å². The molecule has 4 nitrogen and oxygen atoms in total. The molecule has 0 saturated heterocycles. The van der Waals surface area contributed by atoms with E-state index < -0.39 is 0 Å². The van der Waals surface area contributed by atoms with Crippen LogP contribution in [0.3, 0.4) is 0 Å². The molecule has 0 fully saturated rings. The third-order valence-corrected chi connectivity index (χ3v) is 2.26. The maximum Gasteiger partial charge on any atom is 0.226 e. The minimum absolute atomic E-state index is 0.170. The average molecular weight is 215 g/mol. The fourth-order valence-electron chi connectivity index (χ4n) is 0.909. The normalized spacial score (nSPS) is 12.9. The van der Waals surface area contributed by atoms with Gasteiger partial charge in [-0.15, -0.1) is 0 Å². The highest BCUT2D eigenvalue weighted by Crippen LogP contribution is 2.14. The second-order valence-corrected chi connectivity index (χ2v) is 3.96. The first-order valence-electron chi connectivity index (χ1n) is 4.55. The molecule has 78 valence electrons. The molecule has 0 bridgehead atoms. The van der Waals surface area contributed by atoms with E-state index in [1.807, 2.05) is 0 Å². The summed E-state index contributed by atoms with van der Waals surface area (Å²) >= 11 is 5.67. The van der Waals surface area contributed by atoms with E-state index in [2.05, 4.69) is 36.1 Å². The summed E-state index contributed by atoms with van der Waals surface area (Å²) in [5.41, 5.74) is 5.54. The van der Waals surface area contributed by atoms with E-state index in [-0.39, 0.29) is 5.28 Å². The summed E-state index contributed by atoms with van der Waals surface area (Å²) < 4.78 is 0. The van der Waals surface area contributed by atoms with E-state index in [1.54, 1.807) is 6.07 Å². The molecule has 1 heterocycles. The molecule has 0 aliphatic rings. The maximum atomic E-state index is 5.67. The topological polar surface area (TPSA) is 63.8 Å². The number of hydrogen-bond donors (Lipinski definition) is 2. The Labute approximate surface area is 88.9 Å². The van der Waals surface area contributed by atoms with E-state index >= 15 is 0 Å². The van der Waals surface area contributed by atoms with E-state index in [4.69, 9.17) is 17.3 Å². The monoisotopic (exact) mass is 214 g/mol. The van der Waals surface area contributed by atoms with Gasteiger partial charge in [0.25, 0.3) is 0 Å². The second kappa shape index (κ2) is 4.46. The summed E-state index contributed by atoms with van der Waals surface area (Å²) in [5, 5.41) is 3.38. The summed E-state index contributed by atoms with van der Waals surface area (Å²) in [7, 11) is 0. The van der Waals surface area contributed by atoms with Crippen LogP contribution >= 0.6 is 11.6 Å². The number of nitrogens with zero attached hydrogens (tertiary/aromatic N) is 2. The first-order valence-corrected chi connectivity index (χ1v) is 4.93. The van der Waals surface area contributed by atoms with Crippen molar-refractivity contribution in [1.29, 1.82) is 0 Å². The molecule has 0 aliphatic heterocycles. The largest absolute Gasteiger partial charge is 0.383 e. The van der Waals surface area contributed by atoms with Gasteiger partial charge in [0, 0.05) is 12.1 Å². The van der Waals surface area contributed by atoms with E-state index in [1.165, 1.54) is 0 Å². The van der Waals surface area contributed by atoms with Crippen molar-refractivity contribution in [2.75, 3.05) is 11.1 Å². The molecular weight excluding hydrogens is 200 g/mol. The lowest BCUT2D eigenvalue weighted by atomic mass is 10.1. The van der Waals surface area contributed by atoms with Gasteiger partial charge in [-0.2, -0.15) is 0 Å². The summed E-state index contributed by atoms with van der Waals surface area (Å²) in [6, 6.07) is 1.99. The van der Waals surface area contributed by atoms with Gasteiger partial charge in [0.2, 0.25) is 5.28 Å². The van der Waals surface area contributed by atoms with Gasteiger partial charge in [-0.3, -0.25) is 0 Å². The predicted octanol–water partition coefficient (Wildman–Crippen LogP) is 2.17. The van der Waals surface area contributed by atoms with Gasteiger partial charge in [0.05, 0.1) is 0 Å². The van der Waals surface area contributed by atoms with Crippen molar-refractivity contribution in [1.82, 2.24) is 9.97 Å². The highest BCUT2D eigenvalue weighted by molar-refractivity contribution is 6.28. The van der Waals surface area contributed by atoms with Crippen molar-refractivity contribution < 1.29 is 0 Å². The van der Waals surface area contributed by atoms with Crippen LogP contribution in [0.2, 0.25) is 5.28 Å². The van der Waals surface area contributed by atoms with Crippen LogP contribution in [0, 0.1) is 5.92 Å². The van der Waals surface area contributed by atoms with E-state index in [9.17, 15) is 0 Å². The number of hydrogen-bond acceptors (Lipinski definition) is 4. The van der Waals surface area contributed by atoms with Gasteiger partial charge in [0.1, 0.15) is 11.6 Å². The molecule has 1 aromatic rings. The minimum atomic E-state index is 0.170. The summed E-state index contributed by atoms with van der Waals surface area (Å²) in [4.78, 5) is 7.80. The third kappa shape index (κ3) is 3.03.